The summed E-state index contributed by atoms with van der Waals surface area (Å²) >= 11 is 0. The van der Waals surface area contributed by atoms with Gasteiger partial charge < -0.3 is 15.8 Å². The van der Waals surface area contributed by atoms with E-state index >= 15 is 0 Å². The van der Waals surface area contributed by atoms with Crippen LogP contribution in [0.5, 0.6) is 0 Å². The minimum absolute atomic E-state index is 0.113. The molecule has 0 aliphatic heterocycles. The van der Waals surface area contributed by atoms with E-state index in [2.05, 4.69) is 5.32 Å². The summed E-state index contributed by atoms with van der Waals surface area (Å²) < 4.78 is 45.4. The molecule has 1 amide bonds. The number of sulfonamides is 1. The maximum Gasteiger partial charge on any atom is 0.251 e. The number of anilines is 1. The summed E-state index contributed by atoms with van der Waals surface area (Å²) in [6.45, 7) is 2.13. The fourth-order valence-corrected chi connectivity index (χ4v) is 5.41. The van der Waals surface area contributed by atoms with E-state index in [4.69, 9.17) is 10.5 Å². The summed E-state index contributed by atoms with van der Waals surface area (Å²) in [4.78, 5) is 13.3. The van der Waals surface area contributed by atoms with Crippen LogP contribution >= 0.6 is 0 Å². The number of ether oxygens (including phenoxy) is 1. The molecule has 0 saturated heterocycles. The van der Waals surface area contributed by atoms with Crippen LogP contribution < -0.4 is 15.4 Å². The second kappa shape index (κ2) is 13.9. The molecule has 0 aliphatic rings. The summed E-state index contributed by atoms with van der Waals surface area (Å²) in [5, 5.41) is 2.91. The number of benzene rings is 4. The van der Waals surface area contributed by atoms with Gasteiger partial charge in [-0.25, -0.2) is 12.8 Å². The van der Waals surface area contributed by atoms with Crippen LogP contribution in [0.3, 0.4) is 0 Å². The van der Waals surface area contributed by atoms with Gasteiger partial charge in [0.05, 0.1) is 31.2 Å². The monoisotopic (exact) mass is 603 g/mol. The Labute approximate surface area is 253 Å². The molecule has 4 aromatic carbocycles. The number of rotatable bonds is 13. The lowest BCUT2D eigenvalue weighted by Gasteiger charge is -2.30. The van der Waals surface area contributed by atoms with Gasteiger partial charge in [-0.3, -0.25) is 9.10 Å². The van der Waals surface area contributed by atoms with Gasteiger partial charge >= 0.3 is 0 Å². The Morgan fingerprint density at radius 1 is 0.907 bits per heavy atom. The van der Waals surface area contributed by atoms with Crippen LogP contribution in [0.2, 0.25) is 0 Å². The van der Waals surface area contributed by atoms with Crippen molar-refractivity contribution in [2.75, 3.05) is 24.2 Å². The number of hydrogen-bond acceptors (Lipinski definition) is 5. The van der Waals surface area contributed by atoms with E-state index < -0.39 is 27.5 Å². The maximum atomic E-state index is 13.4. The third-order valence-corrected chi connectivity index (χ3v) is 8.48. The molecule has 0 fully saturated rings. The molecular weight excluding hydrogens is 565 g/mol. The molecule has 9 heteroatoms. The molecule has 0 bridgehead atoms. The van der Waals surface area contributed by atoms with Crippen LogP contribution in [0, 0.1) is 5.82 Å². The molecule has 226 valence electrons. The molecule has 7 nitrogen and oxygen atoms in total. The van der Waals surface area contributed by atoms with Crippen molar-refractivity contribution in [2.24, 2.45) is 5.73 Å². The molecule has 4 aromatic rings. The fraction of sp³-hybridized carbons (Fsp3) is 0.265. The molecule has 0 spiro atoms. The quantitative estimate of drug-likeness (QED) is 0.213. The largest absolute Gasteiger partial charge is 0.375 e. The SMILES string of the molecule is C[C@@H](NC(=O)c1cc(COCC(N)(Cc2ccccc2)Cc2ccccc2)cc(N(C)S(C)(=O)=O)c1)c1ccc(F)cc1. The highest BCUT2D eigenvalue weighted by atomic mass is 32.2. The second-order valence-corrected chi connectivity index (χ2v) is 13.1. The fourth-order valence-electron chi connectivity index (χ4n) is 4.92. The molecular formula is C34H38FN3O4S. The van der Waals surface area contributed by atoms with E-state index in [-0.39, 0.29) is 24.6 Å². The van der Waals surface area contributed by atoms with E-state index in [0.717, 1.165) is 27.3 Å². The topological polar surface area (TPSA) is 102 Å². The number of carbonyl (C=O) groups excluding carboxylic acids is 1. The normalized spacial score (nSPS) is 12.5. The Kier molecular flexibility index (Phi) is 10.3. The highest BCUT2D eigenvalue weighted by molar-refractivity contribution is 7.92. The zero-order valence-electron chi connectivity index (χ0n) is 24.7. The van der Waals surface area contributed by atoms with Gasteiger partial charge in [0.15, 0.2) is 0 Å². The first kappa shape index (κ1) is 31.9. The van der Waals surface area contributed by atoms with Gasteiger partial charge in [-0.15, -0.1) is 0 Å². The van der Waals surface area contributed by atoms with Crippen molar-refractivity contribution in [3.05, 3.63) is 137 Å². The molecule has 0 aliphatic carbocycles. The Morgan fingerprint density at radius 2 is 1.47 bits per heavy atom. The van der Waals surface area contributed by atoms with Crippen molar-refractivity contribution >= 4 is 21.6 Å². The van der Waals surface area contributed by atoms with E-state index in [9.17, 15) is 17.6 Å². The number of halogens is 1. The Morgan fingerprint density at radius 3 is 2.00 bits per heavy atom. The average Bonchev–Trinajstić information content (AvgIpc) is 2.97. The van der Waals surface area contributed by atoms with Gasteiger partial charge in [0, 0.05) is 18.2 Å². The minimum atomic E-state index is -3.59. The van der Waals surface area contributed by atoms with Crippen molar-refractivity contribution in [2.45, 2.75) is 38.0 Å². The summed E-state index contributed by atoms with van der Waals surface area (Å²) in [5.74, 6) is -0.763. The van der Waals surface area contributed by atoms with Crippen LogP contribution in [0.1, 0.15) is 45.6 Å². The van der Waals surface area contributed by atoms with Crippen LogP contribution in [0.25, 0.3) is 0 Å². The van der Waals surface area contributed by atoms with Crippen molar-refractivity contribution in [3.63, 3.8) is 0 Å². The lowest BCUT2D eigenvalue weighted by Crippen LogP contribution is -2.48. The molecule has 43 heavy (non-hydrogen) atoms. The van der Waals surface area contributed by atoms with Gasteiger partial charge in [0.1, 0.15) is 5.82 Å². The van der Waals surface area contributed by atoms with E-state index in [1.54, 1.807) is 31.2 Å². The zero-order valence-corrected chi connectivity index (χ0v) is 25.5. The van der Waals surface area contributed by atoms with Crippen LogP contribution in [-0.4, -0.2) is 39.8 Å². The highest BCUT2D eigenvalue weighted by Gasteiger charge is 2.27. The van der Waals surface area contributed by atoms with Gasteiger partial charge in [-0.2, -0.15) is 0 Å². The zero-order chi connectivity index (χ0) is 31.0. The first-order chi connectivity index (χ1) is 20.4. The standard InChI is InChI=1S/C34H38FN3O4S/c1-25(29-14-16-31(35)17-15-29)37-33(39)30-18-28(19-32(20-30)38(2)43(3,40)41)23-42-24-34(36,21-26-10-6-4-7-11-26)22-27-12-8-5-9-13-27/h4-20,25H,21-24,36H2,1-3H3,(H,37,39)/t25-/m1/s1. The smallest absolute Gasteiger partial charge is 0.251 e. The predicted molar refractivity (Wildman–Crippen MR) is 169 cm³/mol. The van der Waals surface area contributed by atoms with Crippen LogP contribution in [0.15, 0.2) is 103 Å². The number of nitrogens with zero attached hydrogens (tertiary/aromatic N) is 1. The summed E-state index contributed by atoms with van der Waals surface area (Å²) in [6.07, 6.45) is 2.28. The predicted octanol–water partition coefficient (Wildman–Crippen LogP) is 5.41. The molecule has 0 saturated carbocycles. The Bertz CT molecular complexity index is 1570. The van der Waals surface area contributed by atoms with E-state index in [1.165, 1.54) is 25.2 Å². The lowest BCUT2D eigenvalue weighted by molar-refractivity contribution is 0.0725. The third-order valence-electron chi connectivity index (χ3n) is 7.27. The van der Waals surface area contributed by atoms with E-state index in [0.29, 0.717) is 24.1 Å². The molecule has 0 aromatic heterocycles. The first-order valence-electron chi connectivity index (χ1n) is 14.0. The molecule has 3 N–H and O–H groups in total. The molecule has 0 radical (unpaired) electrons. The summed E-state index contributed by atoms with van der Waals surface area (Å²) in [7, 11) is -2.16. The average molecular weight is 604 g/mol. The van der Waals surface area contributed by atoms with Gasteiger partial charge in [-0.05, 0) is 72.4 Å². The number of amides is 1. The third kappa shape index (κ3) is 9.22. The molecule has 1 atom stereocenters. The van der Waals surface area contributed by atoms with Gasteiger partial charge in [0.2, 0.25) is 10.0 Å². The second-order valence-electron chi connectivity index (χ2n) is 11.0. The summed E-state index contributed by atoms with van der Waals surface area (Å²) in [5.41, 5.74) is 10.4. The lowest BCUT2D eigenvalue weighted by atomic mass is 9.86. The highest BCUT2D eigenvalue weighted by Crippen LogP contribution is 2.24. The van der Waals surface area contributed by atoms with Crippen molar-refractivity contribution in [1.29, 1.82) is 0 Å². The van der Waals surface area contributed by atoms with Gasteiger partial charge in [-0.1, -0.05) is 72.8 Å². The molecule has 0 unspecified atom stereocenters. The number of nitrogens with one attached hydrogen (secondary N) is 1. The van der Waals surface area contributed by atoms with Crippen molar-refractivity contribution in [1.82, 2.24) is 5.32 Å². The molecule has 4 rings (SSSR count). The van der Waals surface area contributed by atoms with Crippen LogP contribution in [-0.2, 0) is 34.2 Å². The number of hydrogen-bond donors (Lipinski definition) is 2. The Balaban J connectivity index is 1.55. The first-order valence-corrected chi connectivity index (χ1v) is 15.9. The van der Waals surface area contributed by atoms with Crippen LogP contribution in [0.4, 0.5) is 10.1 Å². The Hall–Kier alpha value is -4.05. The van der Waals surface area contributed by atoms with Crippen molar-refractivity contribution in [3.8, 4) is 0 Å². The summed E-state index contributed by atoms with van der Waals surface area (Å²) in [6, 6.07) is 30.4. The van der Waals surface area contributed by atoms with E-state index in [1.807, 2.05) is 60.7 Å². The maximum absolute atomic E-state index is 13.4. The van der Waals surface area contributed by atoms with Gasteiger partial charge in [0.25, 0.3) is 5.91 Å². The number of nitrogens with two attached hydrogens (primary N) is 1. The minimum Gasteiger partial charge on any atom is -0.375 e. The molecule has 0 heterocycles. The number of carbonyl (C=O) groups is 1. The van der Waals surface area contributed by atoms with Crippen molar-refractivity contribution < 1.29 is 22.3 Å².